The van der Waals surface area contributed by atoms with E-state index in [4.69, 9.17) is 9.73 Å². The number of hydrogen-bond donors (Lipinski definition) is 2. The first kappa shape index (κ1) is 24.3. The molecule has 2 fully saturated rings. The third-order valence-electron chi connectivity index (χ3n) is 6.70. The SMILES string of the molecule is CCNC(=NCC1(N2CCCC2)CCOCC1)NC(C)c1ccc2ccccc2c1.I. The number of ether oxygens (including phenoxy) is 1. The quantitative estimate of drug-likeness (QED) is 0.319. The summed E-state index contributed by atoms with van der Waals surface area (Å²) < 4.78 is 5.69. The normalized spacial score (nSPS) is 20.3. The van der Waals surface area contributed by atoms with Crippen LogP contribution < -0.4 is 10.6 Å². The largest absolute Gasteiger partial charge is 0.381 e. The van der Waals surface area contributed by atoms with Gasteiger partial charge in [-0.15, -0.1) is 24.0 Å². The Bertz CT molecular complexity index is 859. The topological polar surface area (TPSA) is 48.9 Å². The number of likely N-dealkylation sites (tertiary alicyclic amines) is 1. The number of benzene rings is 2. The predicted molar refractivity (Wildman–Crippen MR) is 140 cm³/mol. The molecule has 0 aliphatic carbocycles. The van der Waals surface area contributed by atoms with E-state index in [1.165, 1.54) is 42.3 Å². The van der Waals surface area contributed by atoms with Gasteiger partial charge in [0.15, 0.2) is 5.96 Å². The molecular formula is C25H37IN4O. The zero-order chi connectivity index (χ0) is 20.8. The van der Waals surface area contributed by atoms with Crippen LogP contribution in [0.2, 0.25) is 0 Å². The summed E-state index contributed by atoms with van der Waals surface area (Å²) in [6.45, 7) is 10.1. The number of rotatable bonds is 6. The van der Waals surface area contributed by atoms with Gasteiger partial charge in [-0.05, 0) is 75.0 Å². The van der Waals surface area contributed by atoms with Crippen molar-refractivity contribution in [2.45, 2.75) is 51.1 Å². The van der Waals surface area contributed by atoms with Crippen LogP contribution in [0.1, 0.15) is 51.1 Å². The zero-order valence-electron chi connectivity index (χ0n) is 18.9. The second-order valence-corrected chi connectivity index (χ2v) is 8.70. The maximum atomic E-state index is 5.69. The van der Waals surface area contributed by atoms with Gasteiger partial charge in [-0.25, -0.2) is 0 Å². The first-order valence-corrected chi connectivity index (χ1v) is 11.6. The van der Waals surface area contributed by atoms with Crippen molar-refractivity contribution in [2.24, 2.45) is 4.99 Å². The van der Waals surface area contributed by atoms with Crippen molar-refractivity contribution in [3.8, 4) is 0 Å². The van der Waals surface area contributed by atoms with Gasteiger partial charge in [-0.3, -0.25) is 9.89 Å². The molecule has 0 bridgehead atoms. The maximum Gasteiger partial charge on any atom is 0.191 e. The molecule has 0 saturated carbocycles. The monoisotopic (exact) mass is 536 g/mol. The lowest BCUT2D eigenvalue weighted by atomic mass is 9.88. The van der Waals surface area contributed by atoms with Crippen molar-refractivity contribution in [1.82, 2.24) is 15.5 Å². The molecule has 2 heterocycles. The Morgan fingerprint density at radius 1 is 1.10 bits per heavy atom. The van der Waals surface area contributed by atoms with E-state index in [1.54, 1.807) is 0 Å². The lowest BCUT2D eigenvalue weighted by Gasteiger charge is -2.43. The summed E-state index contributed by atoms with van der Waals surface area (Å²) in [5, 5.41) is 9.65. The molecule has 0 amide bonds. The number of guanidine groups is 1. The van der Waals surface area contributed by atoms with E-state index >= 15 is 0 Å². The van der Waals surface area contributed by atoms with Crippen LogP contribution in [-0.4, -0.2) is 55.8 Å². The van der Waals surface area contributed by atoms with E-state index < -0.39 is 0 Å². The summed E-state index contributed by atoms with van der Waals surface area (Å²) in [4.78, 5) is 7.75. The average Bonchev–Trinajstić information content (AvgIpc) is 3.34. The van der Waals surface area contributed by atoms with Gasteiger partial charge < -0.3 is 15.4 Å². The summed E-state index contributed by atoms with van der Waals surface area (Å²) in [6, 6.07) is 15.4. The summed E-state index contributed by atoms with van der Waals surface area (Å²) in [5.41, 5.74) is 1.43. The van der Waals surface area contributed by atoms with Crippen molar-refractivity contribution in [2.75, 3.05) is 39.4 Å². The molecule has 0 aromatic heterocycles. The molecule has 2 N–H and O–H groups in total. The Balaban J connectivity index is 0.00000272. The van der Waals surface area contributed by atoms with E-state index in [9.17, 15) is 0 Å². The van der Waals surface area contributed by atoms with Gasteiger partial charge >= 0.3 is 0 Å². The van der Waals surface area contributed by atoms with Crippen LogP contribution >= 0.6 is 24.0 Å². The first-order chi connectivity index (χ1) is 14.7. The van der Waals surface area contributed by atoms with Crippen LogP contribution in [-0.2, 0) is 4.74 Å². The number of fused-ring (bicyclic) bond motifs is 1. The maximum absolute atomic E-state index is 5.69. The zero-order valence-corrected chi connectivity index (χ0v) is 21.2. The van der Waals surface area contributed by atoms with E-state index in [-0.39, 0.29) is 35.6 Å². The third-order valence-corrected chi connectivity index (χ3v) is 6.70. The standard InChI is InChI=1S/C25H36N4O.HI/c1-3-26-24(27-19-25(12-16-30-17-13-25)29-14-6-7-15-29)28-20(2)22-11-10-21-8-4-5-9-23(21)18-22;/h4-5,8-11,18,20H,3,6-7,12-17,19H2,1-2H3,(H2,26,27,28);1H. The number of aliphatic imine (C=N–C) groups is 1. The van der Waals surface area contributed by atoms with Crippen molar-refractivity contribution < 1.29 is 4.74 Å². The first-order valence-electron chi connectivity index (χ1n) is 11.6. The molecule has 4 rings (SSSR count). The second-order valence-electron chi connectivity index (χ2n) is 8.70. The summed E-state index contributed by atoms with van der Waals surface area (Å²) in [7, 11) is 0. The van der Waals surface area contributed by atoms with Crippen LogP contribution in [0.15, 0.2) is 47.5 Å². The fraction of sp³-hybridized carbons (Fsp3) is 0.560. The highest BCUT2D eigenvalue weighted by Gasteiger charge is 2.39. The summed E-state index contributed by atoms with van der Waals surface area (Å²) in [6.07, 6.45) is 4.78. The molecule has 2 aliphatic heterocycles. The minimum atomic E-state index is 0. The van der Waals surface area contributed by atoms with Gasteiger partial charge in [-0.2, -0.15) is 0 Å². The number of nitrogens with one attached hydrogen (secondary N) is 2. The lowest BCUT2D eigenvalue weighted by Crippen LogP contribution is -2.54. The molecule has 2 aromatic carbocycles. The Morgan fingerprint density at radius 2 is 1.81 bits per heavy atom. The van der Waals surface area contributed by atoms with Crippen molar-refractivity contribution >= 4 is 40.7 Å². The molecule has 0 radical (unpaired) electrons. The lowest BCUT2D eigenvalue weighted by molar-refractivity contribution is -0.0139. The molecule has 2 aliphatic rings. The summed E-state index contributed by atoms with van der Waals surface area (Å²) in [5.74, 6) is 0.906. The van der Waals surface area contributed by atoms with E-state index in [2.05, 4.69) is 71.8 Å². The van der Waals surface area contributed by atoms with Gasteiger partial charge in [-0.1, -0.05) is 36.4 Å². The Kier molecular flexibility index (Phi) is 8.98. The summed E-state index contributed by atoms with van der Waals surface area (Å²) >= 11 is 0. The highest BCUT2D eigenvalue weighted by Crippen LogP contribution is 2.31. The van der Waals surface area contributed by atoms with Crippen LogP contribution in [0.4, 0.5) is 0 Å². The molecule has 5 nitrogen and oxygen atoms in total. The van der Waals surface area contributed by atoms with Gasteiger partial charge in [0, 0.05) is 25.3 Å². The fourth-order valence-electron chi connectivity index (χ4n) is 4.83. The van der Waals surface area contributed by atoms with Gasteiger partial charge in [0.05, 0.1) is 12.6 Å². The number of nitrogens with zero attached hydrogens (tertiary/aromatic N) is 2. The number of halogens is 1. The second kappa shape index (κ2) is 11.5. The fourth-order valence-corrected chi connectivity index (χ4v) is 4.83. The number of hydrogen-bond acceptors (Lipinski definition) is 3. The van der Waals surface area contributed by atoms with Crippen LogP contribution in [0.25, 0.3) is 10.8 Å². The van der Waals surface area contributed by atoms with Gasteiger partial charge in [0.1, 0.15) is 0 Å². The smallest absolute Gasteiger partial charge is 0.191 e. The minimum absolute atomic E-state index is 0. The van der Waals surface area contributed by atoms with E-state index in [1.807, 2.05) is 0 Å². The molecule has 0 spiro atoms. The van der Waals surface area contributed by atoms with Crippen molar-refractivity contribution in [1.29, 1.82) is 0 Å². The molecule has 31 heavy (non-hydrogen) atoms. The Hall–Kier alpha value is -1.38. The molecule has 1 unspecified atom stereocenters. The molecule has 6 heteroatoms. The van der Waals surface area contributed by atoms with E-state index in [0.29, 0.717) is 0 Å². The van der Waals surface area contributed by atoms with Crippen molar-refractivity contribution in [3.05, 3.63) is 48.0 Å². The minimum Gasteiger partial charge on any atom is -0.381 e. The van der Waals surface area contributed by atoms with Crippen LogP contribution in [0, 0.1) is 0 Å². The molecule has 2 aromatic rings. The highest BCUT2D eigenvalue weighted by molar-refractivity contribution is 14.0. The molecular weight excluding hydrogens is 499 g/mol. The highest BCUT2D eigenvalue weighted by atomic mass is 127. The predicted octanol–water partition coefficient (Wildman–Crippen LogP) is 4.72. The molecule has 2 saturated heterocycles. The Labute approximate surface area is 204 Å². The third kappa shape index (κ3) is 5.90. The average molecular weight is 537 g/mol. The Morgan fingerprint density at radius 3 is 2.52 bits per heavy atom. The molecule has 1 atom stereocenters. The van der Waals surface area contributed by atoms with Crippen LogP contribution in [0.5, 0.6) is 0 Å². The van der Waals surface area contributed by atoms with Gasteiger partial charge in [0.2, 0.25) is 0 Å². The van der Waals surface area contributed by atoms with Crippen molar-refractivity contribution in [3.63, 3.8) is 0 Å². The molecule has 170 valence electrons. The van der Waals surface area contributed by atoms with Crippen LogP contribution in [0.3, 0.4) is 0 Å². The van der Waals surface area contributed by atoms with E-state index in [0.717, 1.165) is 45.1 Å². The van der Waals surface area contributed by atoms with Gasteiger partial charge in [0.25, 0.3) is 0 Å².